The molecule has 8 nitrogen and oxygen atoms in total. The van der Waals surface area contributed by atoms with E-state index in [0.717, 1.165) is 81.3 Å². The van der Waals surface area contributed by atoms with Crippen LogP contribution in [0.4, 0.5) is 17.1 Å². The van der Waals surface area contributed by atoms with Crippen molar-refractivity contribution in [3.8, 4) is 11.5 Å². The topological polar surface area (TPSA) is 83.1 Å². The zero-order valence-electron chi connectivity index (χ0n) is 22.6. The van der Waals surface area contributed by atoms with Crippen molar-refractivity contribution in [3.63, 3.8) is 0 Å². The van der Waals surface area contributed by atoms with E-state index in [1.165, 1.54) is 5.69 Å². The lowest BCUT2D eigenvalue weighted by Crippen LogP contribution is -2.46. The first-order valence-electron chi connectivity index (χ1n) is 13.4. The van der Waals surface area contributed by atoms with Crippen molar-refractivity contribution in [3.05, 3.63) is 42.5 Å². The number of ether oxygens (including phenoxy) is 2. The summed E-state index contributed by atoms with van der Waals surface area (Å²) in [6.07, 6.45) is 3.90. The Morgan fingerprint density at radius 2 is 1.41 bits per heavy atom. The first-order chi connectivity index (χ1) is 17.8. The van der Waals surface area contributed by atoms with Gasteiger partial charge in [-0.25, -0.2) is 13.1 Å². The van der Waals surface area contributed by atoms with Crippen LogP contribution in [0.1, 0.15) is 39.5 Å². The van der Waals surface area contributed by atoms with Crippen LogP contribution in [0.3, 0.4) is 0 Å². The highest BCUT2D eigenvalue weighted by molar-refractivity contribution is 7.90. The number of nitrogens with one attached hydrogen (secondary N) is 2. The third-order valence-corrected chi connectivity index (χ3v) is 9.54. The van der Waals surface area contributed by atoms with Gasteiger partial charge in [0.05, 0.1) is 19.5 Å². The summed E-state index contributed by atoms with van der Waals surface area (Å²) in [4.78, 5) is 4.82. The highest BCUT2D eigenvalue weighted by atomic mass is 32.2. The third kappa shape index (κ3) is 7.02. The van der Waals surface area contributed by atoms with Crippen LogP contribution in [0.25, 0.3) is 0 Å². The van der Waals surface area contributed by atoms with E-state index >= 15 is 0 Å². The van der Waals surface area contributed by atoms with Crippen LogP contribution in [-0.4, -0.2) is 66.7 Å². The molecular formula is C28H42N4O4S. The molecule has 2 fully saturated rings. The fourth-order valence-corrected chi connectivity index (χ4v) is 6.12. The summed E-state index contributed by atoms with van der Waals surface area (Å²) in [7, 11) is 0.139. The van der Waals surface area contributed by atoms with Crippen LogP contribution < -0.4 is 29.3 Å². The van der Waals surface area contributed by atoms with E-state index in [1.54, 1.807) is 28.1 Å². The summed E-state index contributed by atoms with van der Waals surface area (Å²) in [5.74, 6) is 2.08. The van der Waals surface area contributed by atoms with Crippen LogP contribution in [-0.2, 0) is 10.0 Å². The maximum Gasteiger partial charge on any atom is 0.214 e. The third-order valence-electron chi connectivity index (χ3n) is 7.64. The quantitative estimate of drug-likeness (QED) is 0.473. The average molecular weight is 531 g/mol. The van der Waals surface area contributed by atoms with Crippen LogP contribution in [0, 0.1) is 5.92 Å². The number of rotatable bonds is 10. The fraction of sp³-hybridized carbons (Fsp3) is 0.571. The first-order valence-corrected chi connectivity index (χ1v) is 14.9. The number of benzene rings is 2. The highest BCUT2D eigenvalue weighted by Gasteiger charge is 2.26. The van der Waals surface area contributed by atoms with Gasteiger partial charge in [-0.15, -0.1) is 0 Å². The van der Waals surface area contributed by atoms with E-state index in [0.29, 0.717) is 5.92 Å². The Balaban J connectivity index is 1.21. The monoisotopic (exact) mass is 530 g/mol. The molecule has 204 valence electrons. The molecule has 0 aromatic heterocycles. The molecule has 1 aliphatic heterocycles. The van der Waals surface area contributed by atoms with Crippen LogP contribution in [0.15, 0.2) is 42.5 Å². The predicted octanol–water partition coefficient (Wildman–Crippen LogP) is 4.33. The molecule has 1 saturated heterocycles. The summed E-state index contributed by atoms with van der Waals surface area (Å²) >= 11 is 0. The second-order valence-electron chi connectivity index (χ2n) is 10.4. The second kappa shape index (κ2) is 12.3. The summed E-state index contributed by atoms with van der Waals surface area (Å²) in [5.41, 5.74) is 3.54. The molecule has 0 atom stereocenters. The SMILES string of the molecule is COc1ccc(N2CCN(c3ccc(NCC4CCC(NS(=O)(=O)C(C)C)CC4)cc3)CC2)cc1OC. The molecule has 0 amide bonds. The summed E-state index contributed by atoms with van der Waals surface area (Å²) < 4.78 is 38.0. The minimum atomic E-state index is -3.19. The Hall–Kier alpha value is -2.65. The van der Waals surface area contributed by atoms with Crippen LogP contribution in [0.5, 0.6) is 11.5 Å². The Morgan fingerprint density at radius 3 is 1.97 bits per heavy atom. The number of hydrogen-bond acceptors (Lipinski definition) is 7. The summed E-state index contributed by atoms with van der Waals surface area (Å²) in [5, 5.41) is 3.21. The van der Waals surface area contributed by atoms with Crippen molar-refractivity contribution in [1.82, 2.24) is 4.72 Å². The maximum atomic E-state index is 12.1. The Kier molecular flexibility index (Phi) is 9.08. The number of hydrogen-bond donors (Lipinski definition) is 2. The van der Waals surface area contributed by atoms with Gasteiger partial charge in [-0.3, -0.25) is 0 Å². The standard InChI is InChI=1S/C28H42N4O4S/c1-21(2)37(33,34)30-24-7-5-22(6-8-24)20-29-23-9-11-25(12-10-23)31-15-17-32(18-16-31)26-13-14-27(35-3)28(19-26)36-4/h9-14,19,21-22,24,29-30H,5-8,15-18,20H2,1-4H3. The molecule has 1 heterocycles. The van der Waals surface area contributed by atoms with Gasteiger partial charge < -0.3 is 24.6 Å². The lowest BCUT2D eigenvalue weighted by atomic mass is 9.86. The number of methoxy groups -OCH3 is 2. The molecule has 0 bridgehead atoms. The van der Waals surface area contributed by atoms with Crippen molar-refractivity contribution < 1.29 is 17.9 Å². The first kappa shape index (κ1) is 27.4. The minimum Gasteiger partial charge on any atom is -0.493 e. The van der Waals surface area contributed by atoms with E-state index in [-0.39, 0.29) is 11.3 Å². The van der Waals surface area contributed by atoms with Crippen molar-refractivity contribution >= 4 is 27.1 Å². The zero-order chi connectivity index (χ0) is 26.4. The molecule has 1 saturated carbocycles. The normalized spacial score (nSPS) is 20.7. The van der Waals surface area contributed by atoms with Gasteiger partial charge in [-0.2, -0.15) is 0 Å². The van der Waals surface area contributed by atoms with Gasteiger partial charge >= 0.3 is 0 Å². The van der Waals surface area contributed by atoms with E-state index in [9.17, 15) is 8.42 Å². The van der Waals surface area contributed by atoms with Crippen molar-refractivity contribution in [2.45, 2.75) is 50.8 Å². The molecule has 2 aromatic rings. The molecule has 9 heteroatoms. The second-order valence-corrected chi connectivity index (χ2v) is 12.6. The molecule has 37 heavy (non-hydrogen) atoms. The van der Waals surface area contributed by atoms with E-state index in [1.807, 2.05) is 12.1 Å². The van der Waals surface area contributed by atoms with Gasteiger partial charge in [-0.05, 0) is 81.8 Å². The molecule has 2 aliphatic rings. The van der Waals surface area contributed by atoms with Crippen molar-refractivity contribution in [1.29, 1.82) is 0 Å². The molecule has 0 spiro atoms. The Bertz CT molecular complexity index is 1110. The number of piperazine rings is 1. The van der Waals surface area contributed by atoms with Gasteiger partial charge in [0.1, 0.15) is 0 Å². The van der Waals surface area contributed by atoms with Gasteiger partial charge in [0, 0.05) is 61.9 Å². The Labute approximate surface area is 222 Å². The maximum absolute atomic E-state index is 12.1. The number of sulfonamides is 1. The lowest BCUT2D eigenvalue weighted by Gasteiger charge is -2.37. The molecule has 0 radical (unpaired) electrons. The van der Waals surface area contributed by atoms with Crippen molar-refractivity contribution in [2.24, 2.45) is 5.92 Å². The molecule has 2 N–H and O–H groups in total. The lowest BCUT2D eigenvalue weighted by molar-refractivity contribution is 0.323. The molecule has 2 aromatic carbocycles. The average Bonchev–Trinajstić information content (AvgIpc) is 2.92. The van der Waals surface area contributed by atoms with Gasteiger partial charge in [-0.1, -0.05) is 0 Å². The molecule has 4 rings (SSSR count). The largest absolute Gasteiger partial charge is 0.493 e. The van der Waals surface area contributed by atoms with E-state index < -0.39 is 10.0 Å². The highest BCUT2D eigenvalue weighted by Crippen LogP contribution is 2.32. The van der Waals surface area contributed by atoms with Gasteiger partial charge in [0.2, 0.25) is 10.0 Å². The van der Waals surface area contributed by atoms with E-state index in [4.69, 9.17) is 9.47 Å². The molecule has 0 unspecified atom stereocenters. The van der Waals surface area contributed by atoms with Crippen LogP contribution in [0.2, 0.25) is 0 Å². The molecule has 1 aliphatic carbocycles. The number of anilines is 3. The summed E-state index contributed by atoms with van der Waals surface area (Å²) in [6.45, 7) is 8.20. The number of nitrogens with zero attached hydrogens (tertiary/aromatic N) is 2. The van der Waals surface area contributed by atoms with Gasteiger partial charge in [0.15, 0.2) is 11.5 Å². The zero-order valence-corrected chi connectivity index (χ0v) is 23.4. The molecular weight excluding hydrogens is 488 g/mol. The van der Waals surface area contributed by atoms with Gasteiger partial charge in [0.25, 0.3) is 0 Å². The minimum absolute atomic E-state index is 0.0788. The van der Waals surface area contributed by atoms with Crippen molar-refractivity contribution in [2.75, 3.05) is 62.1 Å². The fourth-order valence-electron chi connectivity index (χ4n) is 5.15. The predicted molar refractivity (Wildman–Crippen MR) is 152 cm³/mol. The summed E-state index contributed by atoms with van der Waals surface area (Å²) in [6, 6.07) is 14.9. The Morgan fingerprint density at radius 1 is 0.838 bits per heavy atom. The van der Waals surface area contributed by atoms with Crippen LogP contribution >= 0.6 is 0 Å². The smallest absolute Gasteiger partial charge is 0.214 e. The van der Waals surface area contributed by atoms with E-state index in [2.05, 4.69) is 50.2 Å².